The van der Waals surface area contributed by atoms with Crippen LogP contribution in [0.3, 0.4) is 0 Å². The summed E-state index contributed by atoms with van der Waals surface area (Å²) in [6.45, 7) is 2.35. The van der Waals surface area contributed by atoms with Gasteiger partial charge in [0.1, 0.15) is 5.82 Å². The van der Waals surface area contributed by atoms with Crippen molar-refractivity contribution in [2.45, 2.75) is 43.3 Å². The Morgan fingerprint density at radius 3 is 2.70 bits per heavy atom. The van der Waals surface area contributed by atoms with E-state index < -0.39 is 0 Å². The second-order valence-corrected chi connectivity index (χ2v) is 9.18. The molecule has 6 nitrogen and oxygen atoms in total. The molecule has 0 radical (unpaired) electrons. The summed E-state index contributed by atoms with van der Waals surface area (Å²) in [5.74, 6) is 0.546. The predicted molar refractivity (Wildman–Crippen MR) is 115 cm³/mol. The van der Waals surface area contributed by atoms with Crippen LogP contribution in [0.5, 0.6) is 0 Å². The zero-order chi connectivity index (χ0) is 20.7. The van der Waals surface area contributed by atoms with Crippen LogP contribution in [0.25, 0.3) is 0 Å². The number of hydrogen-bond donors (Lipinski definition) is 0. The van der Waals surface area contributed by atoms with Crippen molar-refractivity contribution in [2.24, 2.45) is 0 Å². The van der Waals surface area contributed by atoms with E-state index in [-0.39, 0.29) is 23.3 Å². The number of amides is 1. The van der Waals surface area contributed by atoms with Gasteiger partial charge in [0.2, 0.25) is 5.91 Å². The fourth-order valence-corrected chi connectivity index (χ4v) is 5.85. The Hall–Kier alpha value is -2.35. The maximum atomic E-state index is 14.0. The van der Waals surface area contributed by atoms with Crippen LogP contribution < -0.4 is 10.5 Å². The molecule has 5 rings (SSSR count). The molecule has 2 aromatic rings. The summed E-state index contributed by atoms with van der Waals surface area (Å²) in [5, 5.41) is 0.767. The molecule has 2 aliphatic heterocycles. The molecule has 30 heavy (non-hydrogen) atoms. The Morgan fingerprint density at radius 1 is 1.13 bits per heavy atom. The molecule has 1 aliphatic carbocycles. The summed E-state index contributed by atoms with van der Waals surface area (Å²) in [4.78, 5) is 34.6. The first kappa shape index (κ1) is 19.6. The maximum absolute atomic E-state index is 14.0. The average Bonchev–Trinajstić information content (AvgIpc) is 3.17. The Bertz CT molecular complexity index is 1030. The van der Waals surface area contributed by atoms with Crippen LogP contribution in [0, 0.1) is 5.82 Å². The Balaban J connectivity index is 1.26. The third-order valence-electron chi connectivity index (χ3n) is 6.36. The SMILES string of the molecule is O=C(CC1CSc2nc3c(c(=O)n21)CCCC3)N1CCN(c2ccccc2F)CC1. The van der Waals surface area contributed by atoms with Gasteiger partial charge < -0.3 is 9.80 Å². The van der Waals surface area contributed by atoms with Crippen LogP contribution in [-0.4, -0.2) is 52.3 Å². The molecule has 0 spiro atoms. The number of aromatic nitrogens is 2. The second kappa shape index (κ2) is 8.06. The molecule has 1 unspecified atom stereocenters. The number of anilines is 1. The number of aryl methyl sites for hydroxylation is 1. The number of thioether (sulfide) groups is 1. The highest BCUT2D eigenvalue weighted by molar-refractivity contribution is 7.99. The maximum Gasteiger partial charge on any atom is 0.257 e. The van der Waals surface area contributed by atoms with E-state index in [0.717, 1.165) is 42.1 Å². The lowest BCUT2D eigenvalue weighted by molar-refractivity contribution is -0.132. The molecule has 0 saturated carbocycles. The normalized spacial score (nSPS) is 20.8. The van der Waals surface area contributed by atoms with Gasteiger partial charge in [-0.1, -0.05) is 23.9 Å². The topological polar surface area (TPSA) is 58.4 Å². The zero-order valence-electron chi connectivity index (χ0n) is 16.8. The van der Waals surface area contributed by atoms with E-state index in [4.69, 9.17) is 4.98 Å². The predicted octanol–water partition coefficient (Wildman–Crippen LogP) is 2.65. The van der Waals surface area contributed by atoms with E-state index in [1.165, 1.54) is 6.07 Å². The molecule has 1 amide bonds. The summed E-state index contributed by atoms with van der Waals surface area (Å²) in [6.07, 6.45) is 4.13. The van der Waals surface area contributed by atoms with Crippen molar-refractivity contribution in [3.63, 3.8) is 0 Å². The molecule has 1 aromatic carbocycles. The highest BCUT2D eigenvalue weighted by Gasteiger charge is 2.32. The van der Waals surface area contributed by atoms with E-state index in [0.29, 0.717) is 44.0 Å². The molecule has 158 valence electrons. The fraction of sp³-hybridized carbons (Fsp3) is 0.500. The summed E-state index contributed by atoms with van der Waals surface area (Å²) in [7, 11) is 0. The smallest absolute Gasteiger partial charge is 0.257 e. The first-order valence-electron chi connectivity index (χ1n) is 10.7. The summed E-state index contributed by atoms with van der Waals surface area (Å²) in [5.41, 5.74) is 2.46. The van der Waals surface area contributed by atoms with Gasteiger partial charge in [0.25, 0.3) is 5.56 Å². The first-order valence-corrected chi connectivity index (χ1v) is 11.6. The Kier molecular flexibility index (Phi) is 5.26. The number of rotatable bonds is 3. The van der Waals surface area contributed by atoms with Crippen LogP contribution in [-0.2, 0) is 17.6 Å². The van der Waals surface area contributed by atoms with Gasteiger partial charge in [-0.3, -0.25) is 14.2 Å². The number of benzene rings is 1. The number of para-hydroxylation sites is 1. The third-order valence-corrected chi connectivity index (χ3v) is 7.46. The van der Waals surface area contributed by atoms with Gasteiger partial charge in [-0.2, -0.15) is 0 Å². The monoisotopic (exact) mass is 428 g/mol. The van der Waals surface area contributed by atoms with Crippen LogP contribution in [0.15, 0.2) is 34.2 Å². The Labute approximate surface area is 179 Å². The average molecular weight is 429 g/mol. The standard InChI is InChI=1S/C22H25FN4O2S/c23-17-6-2-4-8-19(17)25-9-11-26(12-10-25)20(28)13-15-14-30-22-24-18-7-3-1-5-16(18)21(29)27(15)22/h2,4,6,8,15H,1,3,5,7,9-14H2. The molecule has 3 aliphatic rings. The van der Waals surface area contributed by atoms with E-state index >= 15 is 0 Å². The summed E-state index contributed by atoms with van der Waals surface area (Å²) < 4.78 is 15.8. The van der Waals surface area contributed by atoms with Crippen molar-refractivity contribution >= 4 is 23.4 Å². The van der Waals surface area contributed by atoms with Crippen molar-refractivity contribution < 1.29 is 9.18 Å². The largest absolute Gasteiger partial charge is 0.366 e. The lowest BCUT2D eigenvalue weighted by Gasteiger charge is -2.36. The molecule has 1 fully saturated rings. The second-order valence-electron chi connectivity index (χ2n) is 8.19. The minimum atomic E-state index is -0.230. The van der Waals surface area contributed by atoms with Crippen LogP contribution in [0.2, 0.25) is 0 Å². The molecule has 0 N–H and O–H groups in total. The fourth-order valence-electron chi connectivity index (χ4n) is 4.70. The van der Waals surface area contributed by atoms with Crippen molar-refractivity contribution in [1.29, 1.82) is 0 Å². The molecule has 0 bridgehead atoms. The Morgan fingerprint density at radius 2 is 1.90 bits per heavy atom. The molecular formula is C22H25FN4O2S. The number of carbonyl (C=O) groups excluding carboxylic acids is 1. The first-order chi connectivity index (χ1) is 14.6. The van der Waals surface area contributed by atoms with E-state index in [1.807, 2.05) is 15.9 Å². The van der Waals surface area contributed by atoms with Crippen LogP contribution in [0.1, 0.15) is 36.6 Å². The third kappa shape index (κ3) is 3.51. The molecule has 1 saturated heterocycles. The molecule has 8 heteroatoms. The van der Waals surface area contributed by atoms with Crippen molar-refractivity contribution in [1.82, 2.24) is 14.5 Å². The minimum absolute atomic E-state index is 0.0573. The number of piperazine rings is 1. The van der Waals surface area contributed by atoms with E-state index in [2.05, 4.69) is 0 Å². The van der Waals surface area contributed by atoms with E-state index in [9.17, 15) is 14.0 Å². The number of fused-ring (bicyclic) bond motifs is 2. The summed E-state index contributed by atoms with van der Waals surface area (Å²) >= 11 is 1.58. The zero-order valence-corrected chi connectivity index (χ0v) is 17.7. The molecule has 3 heterocycles. The van der Waals surface area contributed by atoms with Gasteiger partial charge in [-0.15, -0.1) is 0 Å². The van der Waals surface area contributed by atoms with Gasteiger partial charge in [0, 0.05) is 43.9 Å². The van der Waals surface area contributed by atoms with Crippen LogP contribution >= 0.6 is 11.8 Å². The highest BCUT2D eigenvalue weighted by Crippen LogP contribution is 2.34. The number of nitrogens with zero attached hydrogens (tertiary/aromatic N) is 4. The van der Waals surface area contributed by atoms with Gasteiger partial charge >= 0.3 is 0 Å². The quantitative estimate of drug-likeness (QED) is 0.704. The van der Waals surface area contributed by atoms with Crippen LogP contribution in [0.4, 0.5) is 10.1 Å². The van der Waals surface area contributed by atoms with Gasteiger partial charge in [0.15, 0.2) is 5.16 Å². The number of halogens is 1. The summed E-state index contributed by atoms with van der Waals surface area (Å²) in [6, 6.07) is 6.63. The lowest BCUT2D eigenvalue weighted by atomic mass is 9.97. The van der Waals surface area contributed by atoms with E-state index in [1.54, 1.807) is 28.5 Å². The molecule has 1 atom stereocenters. The van der Waals surface area contributed by atoms with Gasteiger partial charge in [-0.05, 0) is 37.8 Å². The minimum Gasteiger partial charge on any atom is -0.366 e. The molecular weight excluding hydrogens is 403 g/mol. The highest BCUT2D eigenvalue weighted by atomic mass is 32.2. The van der Waals surface area contributed by atoms with Crippen molar-refractivity contribution in [3.05, 3.63) is 51.7 Å². The number of carbonyl (C=O) groups is 1. The lowest BCUT2D eigenvalue weighted by Crippen LogP contribution is -2.49. The van der Waals surface area contributed by atoms with Crippen molar-refractivity contribution in [3.8, 4) is 0 Å². The molecule has 1 aromatic heterocycles. The van der Waals surface area contributed by atoms with Crippen molar-refractivity contribution in [2.75, 3.05) is 36.8 Å². The van der Waals surface area contributed by atoms with Gasteiger partial charge in [-0.25, -0.2) is 9.37 Å². The number of hydrogen-bond acceptors (Lipinski definition) is 5. The van der Waals surface area contributed by atoms with Gasteiger partial charge in [0.05, 0.1) is 17.4 Å².